The Morgan fingerprint density at radius 3 is 2.30 bits per heavy atom. The van der Waals surface area contributed by atoms with Crippen molar-refractivity contribution in [2.75, 3.05) is 0 Å². The van der Waals surface area contributed by atoms with E-state index in [-0.39, 0.29) is 0 Å². The predicted molar refractivity (Wildman–Crippen MR) is 87.0 cm³/mol. The van der Waals surface area contributed by atoms with Crippen LogP contribution in [0.5, 0.6) is 0 Å². The van der Waals surface area contributed by atoms with Crippen LogP contribution in [-0.4, -0.2) is 5.11 Å². The summed E-state index contributed by atoms with van der Waals surface area (Å²) >= 11 is 0. The van der Waals surface area contributed by atoms with Crippen LogP contribution in [0.2, 0.25) is 0 Å². The molecule has 108 valence electrons. The number of fused-ring (bicyclic) bond motifs is 1. The van der Waals surface area contributed by atoms with Gasteiger partial charge in [0.1, 0.15) is 0 Å². The lowest BCUT2D eigenvalue weighted by atomic mass is 9.82. The largest absolute Gasteiger partial charge is 0.385 e. The third kappa shape index (κ3) is 2.88. The molecule has 1 N–H and O–H groups in total. The van der Waals surface area contributed by atoms with Crippen LogP contribution in [0, 0.1) is 6.92 Å². The van der Waals surface area contributed by atoms with Gasteiger partial charge in [0.15, 0.2) is 0 Å². The van der Waals surface area contributed by atoms with Crippen LogP contribution in [0.3, 0.4) is 0 Å². The van der Waals surface area contributed by atoms with E-state index in [9.17, 15) is 5.11 Å². The Bertz CT molecular complexity index is 573. The molecule has 0 saturated carbocycles. The molecule has 0 bridgehead atoms. The first-order valence-electron chi connectivity index (χ1n) is 7.83. The van der Waals surface area contributed by atoms with Crippen LogP contribution in [0.15, 0.2) is 36.4 Å². The van der Waals surface area contributed by atoms with Crippen molar-refractivity contribution < 1.29 is 5.11 Å². The zero-order valence-electron chi connectivity index (χ0n) is 12.9. The van der Waals surface area contributed by atoms with E-state index in [1.807, 2.05) is 0 Å². The van der Waals surface area contributed by atoms with Gasteiger partial charge in [-0.15, -0.1) is 0 Å². The summed E-state index contributed by atoms with van der Waals surface area (Å²) < 4.78 is 0. The molecule has 0 aliphatic carbocycles. The fraction of sp³-hybridized carbons (Fsp3) is 0.474. The second-order valence-corrected chi connectivity index (χ2v) is 5.82. The molecule has 0 aliphatic rings. The average molecular weight is 270 g/mol. The van der Waals surface area contributed by atoms with E-state index in [4.69, 9.17) is 0 Å². The summed E-state index contributed by atoms with van der Waals surface area (Å²) in [5.41, 5.74) is 1.68. The molecule has 2 aromatic rings. The third-order valence-electron chi connectivity index (χ3n) is 4.42. The molecule has 0 saturated heterocycles. The van der Waals surface area contributed by atoms with Gasteiger partial charge in [-0.1, -0.05) is 69.5 Å². The zero-order valence-corrected chi connectivity index (χ0v) is 12.9. The third-order valence-corrected chi connectivity index (χ3v) is 4.42. The molecule has 2 rings (SSSR count). The maximum atomic E-state index is 11.1. The van der Waals surface area contributed by atoms with E-state index >= 15 is 0 Å². The first-order valence-corrected chi connectivity index (χ1v) is 7.83. The molecule has 1 heteroatoms. The van der Waals surface area contributed by atoms with Crippen LogP contribution >= 0.6 is 0 Å². The molecule has 0 spiro atoms. The molecule has 1 nitrogen and oxygen atoms in total. The fourth-order valence-corrected chi connectivity index (χ4v) is 3.02. The first-order chi connectivity index (χ1) is 9.62. The molecule has 0 heterocycles. The highest BCUT2D eigenvalue weighted by Gasteiger charge is 2.28. The SMILES string of the molecule is CCCCCC(O)(CC)c1ccc(C)c2ccccc12. The molecular formula is C19H26O. The number of rotatable bonds is 6. The van der Waals surface area contributed by atoms with Gasteiger partial charge >= 0.3 is 0 Å². The van der Waals surface area contributed by atoms with Crippen molar-refractivity contribution in [2.45, 2.75) is 58.5 Å². The van der Waals surface area contributed by atoms with Gasteiger partial charge in [-0.2, -0.15) is 0 Å². The van der Waals surface area contributed by atoms with Gasteiger partial charge in [-0.3, -0.25) is 0 Å². The summed E-state index contributed by atoms with van der Waals surface area (Å²) in [6, 6.07) is 12.7. The van der Waals surface area contributed by atoms with Crippen LogP contribution < -0.4 is 0 Å². The molecule has 1 atom stereocenters. The minimum absolute atomic E-state index is 0.692. The topological polar surface area (TPSA) is 20.2 Å². The van der Waals surface area contributed by atoms with E-state index in [1.54, 1.807) is 0 Å². The summed E-state index contributed by atoms with van der Waals surface area (Å²) in [6.45, 7) is 6.42. The summed E-state index contributed by atoms with van der Waals surface area (Å²) in [5, 5.41) is 13.6. The highest BCUT2D eigenvalue weighted by atomic mass is 16.3. The molecule has 1 unspecified atom stereocenters. The number of aryl methyl sites for hydroxylation is 1. The van der Waals surface area contributed by atoms with Gasteiger partial charge < -0.3 is 5.11 Å². The Labute approximate surface area is 122 Å². The smallest absolute Gasteiger partial charge is 0.0899 e. The van der Waals surface area contributed by atoms with E-state index in [0.717, 1.165) is 24.8 Å². The van der Waals surface area contributed by atoms with Crippen molar-refractivity contribution in [1.29, 1.82) is 0 Å². The van der Waals surface area contributed by atoms with Crippen LogP contribution in [-0.2, 0) is 5.60 Å². The number of hydrogen-bond donors (Lipinski definition) is 1. The molecular weight excluding hydrogens is 244 g/mol. The number of unbranched alkanes of at least 4 members (excludes halogenated alkanes) is 2. The van der Waals surface area contributed by atoms with E-state index < -0.39 is 5.60 Å². The second kappa shape index (κ2) is 6.41. The fourth-order valence-electron chi connectivity index (χ4n) is 3.02. The molecule has 2 aromatic carbocycles. The molecule has 0 aromatic heterocycles. The van der Waals surface area contributed by atoms with Gasteiger partial charge in [-0.25, -0.2) is 0 Å². The summed E-state index contributed by atoms with van der Waals surface area (Å²) in [7, 11) is 0. The maximum Gasteiger partial charge on any atom is 0.0899 e. The Kier molecular flexibility index (Phi) is 4.82. The van der Waals surface area contributed by atoms with Crippen molar-refractivity contribution in [3.05, 3.63) is 47.5 Å². The van der Waals surface area contributed by atoms with E-state index in [2.05, 4.69) is 57.2 Å². The first kappa shape index (κ1) is 15.1. The number of benzene rings is 2. The van der Waals surface area contributed by atoms with Crippen molar-refractivity contribution in [2.24, 2.45) is 0 Å². The Morgan fingerprint density at radius 1 is 0.950 bits per heavy atom. The van der Waals surface area contributed by atoms with Crippen molar-refractivity contribution in [1.82, 2.24) is 0 Å². The lowest BCUT2D eigenvalue weighted by Gasteiger charge is -2.29. The van der Waals surface area contributed by atoms with Crippen molar-refractivity contribution >= 4 is 10.8 Å². The van der Waals surface area contributed by atoms with Crippen LogP contribution in [0.1, 0.15) is 57.1 Å². The standard InChI is InChI=1S/C19H26O/c1-4-6-9-14-19(20,5-2)18-13-12-15(3)16-10-7-8-11-17(16)18/h7-8,10-13,20H,4-6,9,14H2,1-3H3. The summed E-state index contributed by atoms with van der Waals surface area (Å²) in [5.74, 6) is 0. The number of hydrogen-bond acceptors (Lipinski definition) is 1. The minimum atomic E-state index is -0.692. The monoisotopic (exact) mass is 270 g/mol. The average Bonchev–Trinajstić information content (AvgIpc) is 2.48. The second-order valence-electron chi connectivity index (χ2n) is 5.82. The summed E-state index contributed by atoms with van der Waals surface area (Å²) in [4.78, 5) is 0. The quantitative estimate of drug-likeness (QED) is 0.704. The van der Waals surface area contributed by atoms with Crippen molar-refractivity contribution in [3.8, 4) is 0 Å². The van der Waals surface area contributed by atoms with Gasteiger partial charge in [0.25, 0.3) is 0 Å². The number of aliphatic hydroxyl groups is 1. The van der Waals surface area contributed by atoms with Crippen molar-refractivity contribution in [3.63, 3.8) is 0 Å². The molecule has 0 fully saturated rings. The molecule has 0 aliphatic heterocycles. The lowest BCUT2D eigenvalue weighted by Crippen LogP contribution is -2.25. The zero-order chi connectivity index (χ0) is 14.6. The predicted octanol–water partition coefficient (Wildman–Crippen LogP) is 5.33. The minimum Gasteiger partial charge on any atom is -0.385 e. The van der Waals surface area contributed by atoms with Crippen LogP contribution in [0.4, 0.5) is 0 Å². The molecule has 20 heavy (non-hydrogen) atoms. The van der Waals surface area contributed by atoms with Gasteiger partial charge in [0.05, 0.1) is 5.60 Å². The van der Waals surface area contributed by atoms with Crippen LogP contribution in [0.25, 0.3) is 10.8 Å². The van der Waals surface area contributed by atoms with Gasteiger partial charge in [0.2, 0.25) is 0 Å². The molecule has 0 radical (unpaired) electrons. The summed E-state index contributed by atoms with van der Waals surface area (Å²) in [6.07, 6.45) is 5.08. The van der Waals surface area contributed by atoms with Gasteiger partial charge in [-0.05, 0) is 41.7 Å². The molecule has 0 amide bonds. The highest BCUT2D eigenvalue weighted by molar-refractivity contribution is 5.89. The van der Waals surface area contributed by atoms with Gasteiger partial charge in [0, 0.05) is 0 Å². The Balaban J connectivity index is 2.46. The maximum absolute atomic E-state index is 11.1. The Hall–Kier alpha value is -1.34. The normalized spacial score (nSPS) is 14.4. The Morgan fingerprint density at radius 2 is 1.65 bits per heavy atom. The van der Waals surface area contributed by atoms with E-state index in [1.165, 1.54) is 29.2 Å². The lowest BCUT2D eigenvalue weighted by molar-refractivity contribution is 0.0223. The van der Waals surface area contributed by atoms with E-state index in [0.29, 0.717) is 0 Å². The highest BCUT2D eigenvalue weighted by Crippen LogP contribution is 2.36.